The fourth-order valence-electron chi connectivity index (χ4n) is 3.06. The van der Waals surface area contributed by atoms with Gasteiger partial charge < -0.3 is 20.1 Å². The molecule has 0 saturated heterocycles. The van der Waals surface area contributed by atoms with Gasteiger partial charge in [-0.1, -0.05) is 23.7 Å². The molecule has 32 heavy (non-hydrogen) atoms. The Hall–Kier alpha value is -4.12. The van der Waals surface area contributed by atoms with E-state index in [4.69, 9.17) is 22.1 Å². The van der Waals surface area contributed by atoms with Crippen molar-refractivity contribution >= 4 is 40.6 Å². The van der Waals surface area contributed by atoms with Crippen molar-refractivity contribution in [2.75, 3.05) is 12.3 Å². The summed E-state index contributed by atoms with van der Waals surface area (Å²) in [6.07, 6.45) is 1.39. The average Bonchev–Trinajstić information content (AvgIpc) is 3.35. The van der Waals surface area contributed by atoms with E-state index in [0.717, 1.165) is 0 Å². The number of hydrazone groups is 1. The number of fused-ring (bicyclic) bond motifs is 1. The molecule has 2 aromatic carbocycles. The van der Waals surface area contributed by atoms with Gasteiger partial charge in [-0.25, -0.2) is 15.0 Å². The number of carbonyl (C=O) groups is 1. The summed E-state index contributed by atoms with van der Waals surface area (Å²) < 4.78 is 11.6. The summed E-state index contributed by atoms with van der Waals surface area (Å²) in [6.45, 7) is 2.03. The van der Waals surface area contributed by atoms with Crippen LogP contribution in [0.1, 0.15) is 12.5 Å². The van der Waals surface area contributed by atoms with E-state index < -0.39 is 5.91 Å². The van der Waals surface area contributed by atoms with Gasteiger partial charge in [0.2, 0.25) is 0 Å². The predicted octanol–water partition coefficient (Wildman–Crippen LogP) is 2.58. The Morgan fingerprint density at radius 3 is 2.94 bits per heavy atom. The molecule has 2 aromatic heterocycles. The topological polar surface area (TPSA) is 154 Å². The number of phenols is 1. The minimum atomic E-state index is -0.421. The zero-order valence-electron chi connectivity index (χ0n) is 16.8. The fourth-order valence-corrected chi connectivity index (χ4v) is 3.28. The summed E-state index contributed by atoms with van der Waals surface area (Å²) in [5, 5.41) is 21.3. The number of para-hydroxylation sites is 2. The van der Waals surface area contributed by atoms with Crippen molar-refractivity contribution in [2.45, 2.75) is 13.5 Å². The minimum absolute atomic E-state index is 0.0642. The Balaban J connectivity index is 1.55. The molecule has 4 rings (SSSR count). The molecule has 1 amide bonds. The second-order valence-electron chi connectivity index (χ2n) is 6.58. The highest BCUT2D eigenvalue weighted by atomic mass is 35.5. The van der Waals surface area contributed by atoms with Crippen molar-refractivity contribution in [3.05, 3.63) is 47.0 Å². The Morgan fingerprint density at radius 1 is 1.38 bits per heavy atom. The van der Waals surface area contributed by atoms with Crippen molar-refractivity contribution in [3.63, 3.8) is 0 Å². The number of aromatic nitrogens is 4. The number of nitrogen functional groups attached to an aromatic ring is 1. The van der Waals surface area contributed by atoms with E-state index in [1.54, 1.807) is 23.6 Å². The van der Waals surface area contributed by atoms with Crippen molar-refractivity contribution < 1.29 is 19.3 Å². The molecule has 11 nitrogen and oxygen atoms in total. The number of nitrogens with zero attached hydrogens (tertiary/aromatic N) is 5. The molecular weight excluding hydrogens is 438 g/mol. The van der Waals surface area contributed by atoms with Crippen LogP contribution in [0.5, 0.6) is 11.5 Å². The highest BCUT2D eigenvalue weighted by Gasteiger charge is 2.20. The Labute approximate surface area is 186 Å². The summed E-state index contributed by atoms with van der Waals surface area (Å²) in [5.74, 6) is 0.0533. The van der Waals surface area contributed by atoms with E-state index in [1.807, 2.05) is 18.2 Å². The first-order chi connectivity index (χ1) is 15.5. The Kier molecular flexibility index (Phi) is 5.90. The lowest BCUT2D eigenvalue weighted by Crippen LogP contribution is -2.23. The first kappa shape index (κ1) is 21.1. The van der Waals surface area contributed by atoms with Gasteiger partial charge in [0.15, 0.2) is 28.8 Å². The fraction of sp³-hybridized carbons (Fsp3) is 0.150. The molecule has 0 bridgehead atoms. The molecule has 0 aliphatic rings. The molecular formula is C20H18ClN7O4. The maximum absolute atomic E-state index is 12.6. The lowest BCUT2D eigenvalue weighted by atomic mass is 10.2. The number of benzene rings is 2. The molecule has 0 radical (unpaired) electrons. The van der Waals surface area contributed by atoms with Gasteiger partial charge in [0.1, 0.15) is 6.54 Å². The monoisotopic (exact) mass is 455 g/mol. The van der Waals surface area contributed by atoms with Crippen molar-refractivity contribution in [2.24, 2.45) is 5.10 Å². The van der Waals surface area contributed by atoms with Crippen molar-refractivity contribution in [3.8, 4) is 23.0 Å². The molecule has 0 saturated carbocycles. The second kappa shape index (κ2) is 8.94. The predicted molar refractivity (Wildman–Crippen MR) is 117 cm³/mol. The molecule has 0 atom stereocenters. The molecule has 0 spiro atoms. The number of hydrogen-bond acceptors (Lipinski definition) is 9. The van der Waals surface area contributed by atoms with Crippen LogP contribution in [-0.4, -0.2) is 43.7 Å². The number of rotatable bonds is 7. The molecule has 4 aromatic rings. The van der Waals surface area contributed by atoms with Crippen LogP contribution in [0.4, 0.5) is 5.82 Å². The van der Waals surface area contributed by atoms with Crippen LogP contribution in [0.15, 0.2) is 46.1 Å². The van der Waals surface area contributed by atoms with Gasteiger partial charge in [0, 0.05) is 0 Å². The summed E-state index contributed by atoms with van der Waals surface area (Å²) in [4.78, 5) is 17.1. The summed E-state index contributed by atoms with van der Waals surface area (Å²) >= 11 is 6.01. The average molecular weight is 456 g/mol. The maximum atomic E-state index is 12.6. The highest BCUT2D eigenvalue weighted by molar-refractivity contribution is 6.32. The molecule has 2 heterocycles. The van der Waals surface area contributed by atoms with Crippen LogP contribution in [0.2, 0.25) is 5.02 Å². The van der Waals surface area contributed by atoms with E-state index in [0.29, 0.717) is 29.0 Å². The van der Waals surface area contributed by atoms with Gasteiger partial charge in [-0.15, -0.1) is 0 Å². The molecule has 0 unspecified atom stereocenters. The van der Waals surface area contributed by atoms with Crippen molar-refractivity contribution in [1.82, 2.24) is 25.3 Å². The number of nitrogens with two attached hydrogens (primary N) is 1. The molecule has 0 fully saturated rings. The largest absolute Gasteiger partial charge is 0.503 e. The highest BCUT2D eigenvalue weighted by Crippen LogP contribution is 2.34. The smallest absolute Gasteiger partial charge is 0.260 e. The second-order valence-corrected chi connectivity index (χ2v) is 6.99. The number of aromatic hydroxyl groups is 1. The standard InChI is InChI=1S/C20H18ClN7O4/c1-2-31-15-8-11(7-12(21)18(15)30)9-23-25-16(29)10-28-14-6-4-3-5-13(14)24-20(28)17-19(22)27-32-26-17/h3-9,30H,2,10H2,1H3,(H2,22,27)(H,25,29)/b23-9-. The van der Waals surface area contributed by atoms with Crippen LogP contribution in [-0.2, 0) is 11.3 Å². The van der Waals surface area contributed by atoms with Crippen LogP contribution in [0, 0.1) is 0 Å². The lowest BCUT2D eigenvalue weighted by molar-refractivity contribution is -0.121. The first-order valence-electron chi connectivity index (χ1n) is 9.48. The lowest BCUT2D eigenvalue weighted by Gasteiger charge is -2.08. The number of nitrogens with one attached hydrogen (secondary N) is 1. The first-order valence-corrected chi connectivity index (χ1v) is 9.86. The SMILES string of the molecule is CCOc1cc(/C=N\NC(=O)Cn2c(-c3nonc3N)nc3ccccc32)cc(Cl)c1O. The normalized spacial score (nSPS) is 11.3. The number of hydrogen-bond donors (Lipinski definition) is 3. The Morgan fingerprint density at radius 2 is 2.19 bits per heavy atom. The molecule has 0 aliphatic heterocycles. The van der Waals surface area contributed by atoms with Gasteiger partial charge in [-0.2, -0.15) is 5.10 Å². The number of ether oxygens (including phenoxy) is 1. The van der Waals surface area contributed by atoms with Crippen LogP contribution in [0.3, 0.4) is 0 Å². The quantitative estimate of drug-likeness (QED) is 0.284. The molecule has 4 N–H and O–H groups in total. The van der Waals surface area contributed by atoms with Crippen LogP contribution in [0.25, 0.3) is 22.6 Å². The third-order valence-electron chi connectivity index (χ3n) is 4.44. The molecule has 12 heteroatoms. The number of halogens is 1. The third-order valence-corrected chi connectivity index (χ3v) is 4.72. The maximum Gasteiger partial charge on any atom is 0.260 e. The van der Waals surface area contributed by atoms with Crippen molar-refractivity contribution in [1.29, 1.82) is 0 Å². The van der Waals surface area contributed by atoms with E-state index in [-0.39, 0.29) is 34.6 Å². The van der Waals surface area contributed by atoms with Gasteiger partial charge in [-0.3, -0.25) is 4.79 Å². The van der Waals surface area contributed by atoms with Gasteiger partial charge >= 0.3 is 0 Å². The third kappa shape index (κ3) is 4.18. The number of carbonyl (C=O) groups excluding carboxylic acids is 1. The van der Waals surface area contributed by atoms with E-state index >= 15 is 0 Å². The number of anilines is 1. The number of phenolic OH excluding ortho intramolecular Hbond substituents is 1. The summed E-state index contributed by atoms with van der Waals surface area (Å²) in [6, 6.07) is 10.3. The van der Waals surface area contributed by atoms with E-state index in [2.05, 4.69) is 30.5 Å². The summed E-state index contributed by atoms with van der Waals surface area (Å²) in [7, 11) is 0. The molecule has 0 aliphatic carbocycles. The van der Waals surface area contributed by atoms with E-state index in [1.165, 1.54) is 12.3 Å². The van der Waals surface area contributed by atoms with Crippen LogP contribution < -0.4 is 15.9 Å². The summed E-state index contributed by atoms with van der Waals surface area (Å²) in [5.41, 5.74) is 10.4. The minimum Gasteiger partial charge on any atom is -0.503 e. The Bertz CT molecular complexity index is 1310. The zero-order chi connectivity index (χ0) is 22.7. The van der Waals surface area contributed by atoms with Gasteiger partial charge in [0.05, 0.1) is 28.9 Å². The number of amides is 1. The van der Waals surface area contributed by atoms with Gasteiger partial charge in [-0.05, 0) is 47.1 Å². The zero-order valence-corrected chi connectivity index (χ0v) is 17.6. The molecule has 164 valence electrons. The number of imidazole rings is 1. The van der Waals surface area contributed by atoms with E-state index in [9.17, 15) is 9.90 Å². The van der Waals surface area contributed by atoms with Gasteiger partial charge in [0.25, 0.3) is 5.91 Å². The van der Waals surface area contributed by atoms with Crippen LogP contribution >= 0.6 is 11.6 Å².